The topological polar surface area (TPSA) is 65.8 Å². The third kappa shape index (κ3) is 3.68. The lowest BCUT2D eigenvalue weighted by Crippen LogP contribution is -2.28. The van der Waals surface area contributed by atoms with Crippen molar-refractivity contribution in [3.05, 3.63) is 28.5 Å². The summed E-state index contributed by atoms with van der Waals surface area (Å²) in [6.07, 6.45) is 0. The number of aromatic nitrogens is 1. The molecule has 1 rings (SSSR count). The van der Waals surface area contributed by atoms with Crippen LogP contribution in [-0.4, -0.2) is 17.4 Å². The molecule has 1 heterocycles. The van der Waals surface area contributed by atoms with E-state index in [1.807, 2.05) is 6.07 Å². The molecule has 78 valence electrons. The lowest BCUT2D eigenvalue weighted by Gasteiger charge is -2.05. The number of rotatable bonds is 3. The summed E-state index contributed by atoms with van der Waals surface area (Å²) in [6.45, 7) is 2.08. The number of hydrogen-bond acceptors (Lipinski definition) is 3. The van der Waals surface area contributed by atoms with Gasteiger partial charge in [-0.15, -0.1) is 0 Å². The highest BCUT2D eigenvalue weighted by Gasteiger charge is 2.08. The van der Waals surface area contributed by atoms with Crippen LogP contribution in [0.25, 0.3) is 0 Å². The molecule has 1 unspecified atom stereocenters. The van der Waals surface area contributed by atoms with E-state index in [-0.39, 0.29) is 11.8 Å². The molecule has 0 radical (unpaired) electrons. The molecule has 15 heavy (non-hydrogen) atoms. The molecule has 1 amide bonds. The standard InChI is InChI=1S/C10H10BrN3O/c1-7(5-12)6-13-10(15)8-3-2-4-9(11)14-8/h2-4,7H,6H2,1H3,(H,13,15). The molecule has 1 N–H and O–H groups in total. The van der Waals surface area contributed by atoms with Gasteiger partial charge in [-0.05, 0) is 35.0 Å². The molecule has 0 saturated carbocycles. The molecule has 0 aliphatic carbocycles. The van der Waals surface area contributed by atoms with E-state index in [0.717, 1.165) is 0 Å². The second-order valence-electron chi connectivity index (χ2n) is 3.09. The van der Waals surface area contributed by atoms with Crippen LogP contribution in [0, 0.1) is 17.2 Å². The van der Waals surface area contributed by atoms with E-state index in [1.54, 1.807) is 25.1 Å². The molecule has 4 nitrogen and oxygen atoms in total. The molecular weight excluding hydrogens is 258 g/mol. The summed E-state index contributed by atoms with van der Waals surface area (Å²) in [5.41, 5.74) is 0.342. The molecule has 0 aliphatic rings. The number of nitrogens with one attached hydrogen (secondary N) is 1. The van der Waals surface area contributed by atoms with E-state index in [9.17, 15) is 4.79 Å². The van der Waals surface area contributed by atoms with Gasteiger partial charge in [0.15, 0.2) is 0 Å². The van der Waals surface area contributed by atoms with Gasteiger partial charge in [-0.3, -0.25) is 4.79 Å². The first-order valence-electron chi connectivity index (χ1n) is 4.44. The fourth-order valence-electron chi connectivity index (χ4n) is 0.917. The lowest BCUT2D eigenvalue weighted by molar-refractivity contribution is 0.0945. The Morgan fingerprint density at radius 1 is 1.73 bits per heavy atom. The highest BCUT2D eigenvalue weighted by Crippen LogP contribution is 2.06. The molecule has 1 aromatic rings. The Bertz CT molecular complexity index is 400. The van der Waals surface area contributed by atoms with Crippen LogP contribution in [0.5, 0.6) is 0 Å². The van der Waals surface area contributed by atoms with Crippen LogP contribution in [-0.2, 0) is 0 Å². The van der Waals surface area contributed by atoms with Crippen molar-refractivity contribution in [1.29, 1.82) is 5.26 Å². The zero-order valence-corrected chi connectivity index (χ0v) is 9.78. The summed E-state index contributed by atoms with van der Waals surface area (Å²) in [4.78, 5) is 15.5. The molecule has 0 aliphatic heterocycles. The zero-order chi connectivity index (χ0) is 11.3. The second kappa shape index (κ2) is 5.47. The number of nitriles is 1. The molecule has 1 atom stereocenters. The fraction of sp³-hybridized carbons (Fsp3) is 0.300. The predicted molar refractivity (Wildman–Crippen MR) is 59.0 cm³/mol. The monoisotopic (exact) mass is 267 g/mol. The Morgan fingerprint density at radius 3 is 3.07 bits per heavy atom. The predicted octanol–water partition coefficient (Wildman–Crippen LogP) is 1.73. The van der Waals surface area contributed by atoms with Crippen LogP contribution < -0.4 is 5.32 Å². The van der Waals surface area contributed by atoms with E-state index in [2.05, 4.69) is 26.2 Å². The highest BCUT2D eigenvalue weighted by molar-refractivity contribution is 9.10. The van der Waals surface area contributed by atoms with Crippen molar-refractivity contribution in [2.45, 2.75) is 6.92 Å². The minimum absolute atomic E-state index is 0.193. The van der Waals surface area contributed by atoms with Crippen molar-refractivity contribution < 1.29 is 4.79 Å². The SMILES string of the molecule is CC(C#N)CNC(=O)c1cccc(Br)n1. The van der Waals surface area contributed by atoms with Gasteiger partial charge in [0.1, 0.15) is 10.3 Å². The first-order valence-corrected chi connectivity index (χ1v) is 5.23. The number of amides is 1. The van der Waals surface area contributed by atoms with Gasteiger partial charge in [0.2, 0.25) is 0 Å². The van der Waals surface area contributed by atoms with Crippen LogP contribution in [0.1, 0.15) is 17.4 Å². The number of pyridine rings is 1. The normalized spacial score (nSPS) is 11.5. The van der Waals surface area contributed by atoms with E-state index in [1.165, 1.54) is 0 Å². The number of halogens is 1. The second-order valence-corrected chi connectivity index (χ2v) is 3.90. The Morgan fingerprint density at radius 2 is 2.47 bits per heavy atom. The molecule has 0 saturated heterocycles. The Kier molecular flexibility index (Phi) is 4.25. The van der Waals surface area contributed by atoms with Crippen molar-refractivity contribution in [3.8, 4) is 6.07 Å². The number of carbonyl (C=O) groups excluding carboxylic acids is 1. The zero-order valence-electron chi connectivity index (χ0n) is 8.20. The fourth-order valence-corrected chi connectivity index (χ4v) is 1.26. The van der Waals surface area contributed by atoms with Crippen molar-refractivity contribution in [3.63, 3.8) is 0 Å². The number of nitrogens with zero attached hydrogens (tertiary/aromatic N) is 2. The van der Waals surface area contributed by atoms with Crippen LogP contribution in [0.4, 0.5) is 0 Å². The third-order valence-corrected chi connectivity index (χ3v) is 2.18. The van der Waals surface area contributed by atoms with E-state index >= 15 is 0 Å². The third-order valence-electron chi connectivity index (χ3n) is 1.74. The van der Waals surface area contributed by atoms with Crippen LogP contribution in [0.2, 0.25) is 0 Å². The Hall–Kier alpha value is -1.41. The average molecular weight is 268 g/mol. The summed E-state index contributed by atoms with van der Waals surface area (Å²) in [7, 11) is 0. The molecular formula is C10H10BrN3O. The van der Waals surface area contributed by atoms with Gasteiger partial charge in [0, 0.05) is 6.54 Å². The van der Waals surface area contributed by atoms with Gasteiger partial charge in [-0.1, -0.05) is 6.07 Å². The van der Waals surface area contributed by atoms with Crippen LogP contribution >= 0.6 is 15.9 Å². The van der Waals surface area contributed by atoms with E-state index < -0.39 is 0 Å². The van der Waals surface area contributed by atoms with Crippen molar-refractivity contribution in [2.24, 2.45) is 5.92 Å². The molecule has 0 bridgehead atoms. The number of hydrogen-bond donors (Lipinski definition) is 1. The Balaban J connectivity index is 2.59. The van der Waals surface area contributed by atoms with E-state index in [4.69, 9.17) is 5.26 Å². The van der Waals surface area contributed by atoms with Crippen molar-refractivity contribution in [2.75, 3.05) is 6.54 Å². The van der Waals surface area contributed by atoms with Crippen molar-refractivity contribution >= 4 is 21.8 Å². The highest BCUT2D eigenvalue weighted by atomic mass is 79.9. The average Bonchev–Trinajstić information content (AvgIpc) is 2.25. The molecule has 0 fully saturated rings. The summed E-state index contributed by atoms with van der Waals surface area (Å²) in [5.74, 6) is -0.459. The summed E-state index contributed by atoms with van der Waals surface area (Å²) < 4.78 is 0.614. The quantitative estimate of drug-likeness (QED) is 0.849. The maximum Gasteiger partial charge on any atom is 0.269 e. The number of carbonyl (C=O) groups is 1. The summed E-state index contributed by atoms with van der Waals surface area (Å²) >= 11 is 3.18. The van der Waals surface area contributed by atoms with Gasteiger partial charge < -0.3 is 5.32 Å². The van der Waals surface area contributed by atoms with Gasteiger partial charge in [0.05, 0.1) is 12.0 Å². The first-order chi connectivity index (χ1) is 7.13. The maximum atomic E-state index is 11.5. The summed E-state index contributed by atoms with van der Waals surface area (Å²) in [5, 5.41) is 11.2. The largest absolute Gasteiger partial charge is 0.349 e. The van der Waals surface area contributed by atoms with Crippen molar-refractivity contribution in [1.82, 2.24) is 10.3 Å². The van der Waals surface area contributed by atoms with Crippen LogP contribution in [0.15, 0.2) is 22.8 Å². The van der Waals surface area contributed by atoms with Gasteiger partial charge in [-0.2, -0.15) is 5.26 Å². The molecule has 0 aromatic carbocycles. The molecule has 5 heteroatoms. The van der Waals surface area contributed by atoms with Gasteiger partial charge in [-0.25, -0.2) is 4.98 Å². The van der Waals surface area contributed by atoms with E-state index in [0.29, 0.717) is 16.8 Å². The summed E-state index contributed by atoms with van der Waals surface area (Å²) in [6, 6.07) is 7.14. The minimum Gasteiger partial charge on any atom is -0.349 e. The molecule has 0 spiro atoms. The first kappa shape index (κ1) is 11.7. The lowest BCUT2D eigenvalue weighted by atomic mass is 10.2. The maximum absolute atomic E-state index is 11.5. The Labute approximate surface area is 96.4 Å². The van der Waals surface area contributed by atoms with Gasteiger partial charge >= 0.3 is 0 Å². The smallest absolute Gasteiger partial charge is 0.269 e. The minimum atomic E-state index is -0.265. The van der Waals surface area contributed by atoms with Gasteiger partial charge in [0.25, 0.3) is 5.91 Å². The molecule has 1 aromatic heterocycles. The van der Waals surface area contributed by atoms with Crippen LogP contribution in [0.3, 0.4) is 0 Å².